The maximum Gasteiger partial charge on any atom is 1.00 e. The fourth-order valence-corrected chi connectivity index (χ4v) is 1.35. The molecule has 2 N–H and O–H groups in total. The Labute approximate surface area is 134 Å². The number of carbonyl (C=O) groups excluding carboxylic acids is 1. The molecule has 0 bridgehead atoms. The molecule has 0 atom stereocenters. The Morgan fingerprint density at radius 2 is 1.87 bits per heavy atom. The number of benzene rings is 1. The third kappa shape index (κ3) is 3.93. The summed E-state index contributed by atoms with van der Waals surface area (Å²) in [6.07, 6.45) is 0. The third-order valence-corrected chi connectivity index (χ3v) is 2.34. The molecule has 0 heterocycles. The van der Waals surface area contributed by atoms with Gasteiger partial charge < -0.3 is 15.0 Å². The summed E-state index contributed by atoms with van der Waals surface area (Å²) in [5, 5.41) is 19.3. The van der Waals surface area contributed by atoms with Crippen molar-refractivity contribution in [2.75, 3.05) is 0 Å². The van der Waals surface area contributed by atoms with Gasteiger partial charge in [0.2, 0.25) is 0 Å². The summed E-state index contributed by atoms with van der Waals surface area (Å²) in [4.78, 5) is 9.74. The summed E-state index contributed by atoms with van der Waals surface area (Å²) >= 11 is 0. The molecule has 0 aliphatic heterocycles. The number of aromatic carboxylic acids is 1. The van der Waals surface area contributed by atoms with Crippen molar-refractivity contribution in [3.05, 3.63) is 23.8 Å². The van der Waals surface area contributed by atoms with Crippen LogP contribution in [0.25, 0.3) is 0 Å². The van der Waals surface area contributed by atoms with Gasteiger partial charge >= 0.3 is 58.2 Å². The van der Waals surface area contributed by atoms with E-state index in [1.807, 2.05) is 0 Å². The van der Waals surface area contributed by atoms with E-state index in [0.29, 0.717) is 6.07 Å². The van der Waals surface area contributed by atoms with Crippen LogP contribution in [0.3, 0.4) is 0 Å². The number of phenols is 1. The molecule has 0 aromatic heterocycles. The van der Waals surface area contributed by atoms with Gasteiger partial charge in [0, 0.05) is 5.56 Å². The van der Waals surface area contributed by atoms with E-state index in [9.17, 15) is 18.3 Å². The molecule has 0 aliphatic rings. The zero-order valence-corrected chi connectivity index (χ0v) is 13.4. The number of aromatic hydroxyl groups is 1. The van der Waals surface area contributed by atoms with Gasteiger partial charge in [-0.05, 0) is 18.2 Å². The molecule has 1 rings (SSSR count). The summed E-state index contributed by atoms with van der Waals surface area (Å²) in [6.45, 7) is 0. The minimum absolute atomic E-state index is 0. The van der Waals surface area contributed by atoms with Crippen molar-refractivity contribution in [2.24, 2.45) is 0 Å². The van der Waals surface area contributed by atoms with E-state index < -0.39 is 32.3 Å². The quantitative estimate of drug-likeness (QED) is 0.538. The van der Waals surface area contributed by atoms with Crippen LogP contribution in [-0.2, 0) is 10.1 Å². The van der Waals surface area contributed by atoms with Gasteiger partial charge in [-0.25, -0.2) is 0 Å². The average Bonchev–Trinajstić information content (AvgIpc) is 2.02. The van der Waals surface area contributed by atoms with Crippen molar-refractivity contribution in [1.29, 1.82) is 0 Å². The predicted octanol–water partition coefficient (Wildman–Crippen LogP) is -3.99. The molecule has 0 amide bonds. The van der Waals surface area contributed by atoms with Gasteiger partial charge in [0.1, 0.15) is 5.75 Å². The van der Waals surface area contributed by atoms with Crippen LogP contribution in [0, 0.1) is 0 Å². The normalized spacial score (nSPS) is 10.5. The van der Waals surface area contributed by atoms with Crippen LogP contribution in [0.15, 0.2) is 23.1 Å². The molecule has 0 radical (unpaired) electrons. The summed E-state index contributed by atoms with van der Waals surface area (Å²) in [5.41, 5.74) is -0.694. The molecule has 0 saturated carbocycles. The number of rotatable bonds is 2. The molecule has 0 fully saturated rings. The molecule has 8 heteroatoms. The zero-order chi connectivity index (χ0) is 10.9. The van der Waals surface area contributed by atoms with Crippen LogP contribution in [0.5, 0.6) is 5.75 Å². The van der Waals surface area contributed by atoms with Crippen molar-refractivity contribution < 1.29 is 86.2 Å². The molecule has 1 aromatic carbocycles. The number of carboxylic acid groups (broad SMARTS) is 1. The van der Waals surface area contributed by atoms with Gasteiger partial charge in [-0.15, -0.1) is 0 Å². The zero-order valence-electron chi connectivity index (χ0n) is 7.67. The second kappa shape index (κ2) is 5.51. The van der Waals surface area contributed by atoms with Gasteiger partial charge in [0.05, 0.1) is 10.9 Å². The van der Waals surface area contributed by atoms with Crippen molar-refractivity contribution in [1.82, 2.24) is 0 Å². The van der Waals surface area contributed by atoms with Gasteiger partial charge in [0.25, 0.3) is 10.1 Å². The summed E-state index contributed by atoms with van der Waals surface area (Å²) in [5.74, 6) is -2.36. The molecule has 0 aliphatic carbocycles. The Morgan fingerprint density at radius 1 is 1.33 bits per heavy atom. The Kier molecular flexibility index (Phi) is 5.58. The molecule has 0 saturated heterocycles. The number of carboxylic acids is 1. The van der Waals surface area contributed by atoms with Crippen LogP contribution < -0.4 is 63.3 Å². The van der Waals surface area contributed by atoms with E-state index in [-0.39, 0.29) is 58.2 Å². The number of hydrogen-bond acceptors (Lipinski definition) is 5. The first-order valence-corrected chi connectivity index (χ1v) is 4.78. The van der Waals surface area contributed by atoms with Gasteiger partial charge in [-0.1, -0.05) is 0 Å². The van der Waals surface area contributed by atoms with E-state index in [1.165, 1.54) is 0 Å². The van der Waals surface area contributed by atoms with E-state index in [4.69, 9.17) is 9.66 Å². The van der Waals surface area contributed by atoms with Crippen molar-refractivity contribution in [3.63, 3.8) is 0 Å². The predicted molar refractivity (Wildman–Crippen MR) is 42.3 cm³/mol. The fourth-order valence-electron chi connectivity index (χ4n) is 0.839. The van der Waals surface area contributed by atoms with Crippen LogP contribution in [0.4, 0.5) is 0 Å². The molecule has 0 spiro atoms. The molecular formula is C7H5O6RbS. The minimum atomic E-state index is -4.48. The molecule has 15 heavy (non-hydrogen) atoms. The first kappa shape index (κ1) is 15.2. The Hall–Kier alpha value is 0.205. The van der Waals surface area contributed by atoms with Gasteiger partial charge in [0.15, 0.2) is 0 Å². The smallest absolute Gasteiger partial charge is 0.545 e. The second-order valence-electron chi connectivity index (χ2n) is 2.44. The Morgan fingerprint density at radius 3 is 2.27 bits per heavy atom. The molecular weight excluding hydrogens is 298 g/mol. The van der Waals surface area contributed by atoms with Crippen molar-refractivity contribution in [2.45, 2.75) is 4.90 Å². The standard InChI is InChI=1S/C7H6O6S.Rb/c8-6-2-1-4(14(11,12)13)3-5(6)7(9)10;/h1-3,8H,(H,9,10)(H,11,12,13);/q;+1/p-1. The molecule has 6 nitrogen and oxygen atoms in total. The van der Waals surface area contributed by atoms with Crippen molar-refractivity contribution in [3.8, 4) is 5.75 Å². The Balaban J connectivity index is 0.00000196. The van der Waals surface area contributed by atoms with E-state index >= 15 is 0 Å². The van der Waals surface area contributed by atoms with E-state index in [2.05, 4.69) is 0 Å². The third-order valence-electron chi connectivity index (χ3n) is 1.49. The minimum Gasteiger partial charge on any atom is -0.545 e. The number of carbonyl (C=O) groups is 1. The summed E-state index contributed by atoms with van der Waals surface area (Å²) in [6, 6.07) is 2.32. The van der Waals surface area contributed by atoms with Crippen LogP contribution in [0.1, 0.15) is 10.4 Å². The van der Waals surface area contributed by atoms with E-state index in [0.717, 1.165) is 12.1 Å². The molecule has 0 unspecified atom stereocenters. The topological polar surface area (TPSA) is 115 Å². The largest absolute Gasteiger partial charge is 1.00 e. The first-order chi connectivity index (χ1) is 6.32. The maximum absolute atomic E-state index is 10.6. The molecule has 1 aromatic rings. The number of hydrogen-bond donors (Lipinski definition) is 2. The fraction of sp³-hybridized carbons (Fsp3) is 0. The Bertz CT molecular complexity index is 480. The van der Waals surface area contributed by atoms with Crippen LogP contribution in [-0.4, -0.2) is 24.0 Å². The maximum atomic E-state index is 10.6. The van der Waals surface area contributed by atoms with Gasteiger partial charge in [-0.2, -0.15) is 8.42 Å². The van der Waals surface area contributed by atoms with Crippen LogP contribution >= 0.6 is 0 Å². The van der Waals surface area contributed by atoms with Gasteiger partial charge in [-0.3, -0.25) is 4.55 Å². The van der Waals surface area contributed by atoms with Crippen LogP contribution in [0.2, 0.25) is 0 Å². The monoisotopic (exact) mass is 302 g/mol. The second-order valence-corrected chi connectivity index (χ2v) is 3.86. The first-order valence-electron chi connectivity index (χ1n) is 3.34. The summed E-state index contributed by atoms with van der Waals surface area (Å²) < 4.78 is 29.7. The van der Waals surface area contributed by atoms with E-state index in [1.54, 1.807) is 0 Å². The SMILES string of the molecule is O=C([O-])c1cc(S(=O)(=O)O)ccc1O.[Rb+]. The molecule has 76 valence electrons. The summed E-state index contributed by atoms with van der Waals surface area (Å²) in [7, 11) is -4.48. The average molecular weight is 303 g/mol. The van der Waals surface area contributed by atoms with Crippen molar-refractivity contribution >= 4 is 16.1 Å².